The molecule has 0 unspecified atom stereocenters. The zero-order valence-corrected chi connectivity index (χ0v) is 10.8. The van der Waals surface area contributed by atoms with Crippen molar-refractivity contribution in [2.45, 2.75) is 0 Å². The summed E-state index contributed by atoms with van der Waals surface area (Å²) in [7, 11) is 0. The molecule has 0 radical (unpaired) electrons. The molecule has 2 rings (SSSR count). The molecule has 1 aromatic heterocycles. The molecule has 0 saturated carbocycles. The van der Waals surface area contributed by atoms with E-state index >= 15 is 0 Å². The van der Waals surface area contributed by atoms with Gasteiger partial charge in [-0.3, -0.25) is 15.0 Å². The van der Waals surface area contributed by atoms with E-state index in [4.69, 9.17) is 17.4 Å². The van der Waals surface area contributed by atoms with Crippen LogP contribution in [0.15, 0.2) is 36.4 Å². The Morgan fingerprint density at radius 2 is 1.85 bits per heavy atom. The van der Waals surface area contributed by atoms with E-state index in [0.29, 0.717) is 0 Å². The van der Waals surface area contributed by atoms with Crippen LogP contribution >= 0.6 is 11.6 Å². The Hall–Kier alpha value is -2.31. The highest BCUT2D eigenvalue weighted by Gasteiger charge is 2.22. The number of hydrogen-bond acceptors (Lipinski definition) is 4. The molecule has 0 spiro atoms. The lowest BCUT2D eigenvalue weighted by atomic mass is 10.0. The minimum absolute atomic E-state index is 0.0123. The van der Waals surface area contributed by atoms with Gasteiger partial charge in [0.05, 0.1) is 11.1 Å². The molecule has 0 atom stereocenters. The van der Waals surface area contributed by atoms with Crippen LogP contribution in [-0.2, 0) is 0 Å². The van der Waals surface area contributed by atoms with E-state index in [-0.39, 0.29) is 22.0 Å². The van der Waals surface area contributed by atoms with Crippen LogP contribution in [0.5, 0.6) is 0 Å². The molecule has 0 aliphatic carbocycles. The number of amides is 1. The molecule has 1 aromatic carbocycles. The number of nitrogens with zero attached hydrogens (tertiary/aromatic N) is 1. The number of carbonyl (C=O) groups excluding carboxylic acids is 2. The molecule has 0 saturated heterocycles. The number of halogens is 2. The zero-order chi connectivity index (χ0) is 14.7. The topological polar surface area (TPSA) is 85.1 Å². The van der Waals surface area contributed by atoms with Crippen molar-refractivity contribution >= 4 is 23.3 Å². The maximum atomic E-state index is 13.6. The van der Waals surface area contributed by atoms with Crippen LogP contribution < -0.4 is 11.3 Å². The molecule has 3 N–H and O–H groups in total. The first-order valence-electron chi connectivity index (χ1n) is 5.51. The monoisotopic (exact) mass is 293 g/mol. The smallest absolute Gasteiger partial charge is 0.267 e. The lowest BCUT2D eigenvalue weighted by Gasteiger charge is -2.07. The quantitative estimate of drug-likeness (QED) is 0.297. The van der Waals surface area contributed by atoms with Gasteiger partial charge in [0.2, 0.25) is 5.78 Å². The summed E-state index contributed by atoms with van der Waals surface area (Å²) in [5.41, 5.74) is 1.36. The Balaban J connectivity index is 2.57. The van der Waals surface area contributed by atoms with Crippen molar-refractivity contribution < 1.29 is 14.0 Å². The van der Waals surface area contributed by atoms with Crippen LogP contribution in [0.4, 0.5) is 4.39 Å². The summed E-state index contributed by atoms with van der Waals surface area (Å²) < 4.78 is 13.6. The van der Waals surface area contributed by atoms with Gasteiger partial charge in [-0.15, -0.1) is 0 Å². The van der Waals surface area contributed by atoms with E-state index in [0.717, 1.165) is 6.07 Å². The van der Waals surface area contributed by atoms with Crippen molar-refractivity contribution in [2.75, 3.05) is 0 Å². The fourth-order valence-corrected chi connectivity index (χ4v) is 1.79. The van der Waals surface area contributed by atoms with E-state index in [2.05, 4.69) is 4.98 Å². The van der Waals surface area contributed by atoms with Crippen LogP contribution in [0.3, 0.4) is 0 Å². The second-order valence-corrected chi connectivity index (χ2v) is 4.20. The third-order valence-corrected chi connectivity index (χ3v) is 2.78. The van der Waals surface area contributed by atoms with Gasteiger partial charge in [-0.25, -0.2) is 15.2 Å². The second kappa shape index (κ2) is 5.77. The van der Waals surface area contributed by atoms with Crippen molar-refractivity contribution in [2.24, 2.45) is 5.84 Å². The molecule has 5 nitrogen and oxygen atoms in total. The van der Waals surface area contributed by atoms with Crippen molar-refractivity contribution in [3.63, 3.8) is 0 Å². The summed E-state index contributed by atoms with van der Waals surface area (Å²) >= 11 is 5.72. The Morgan fingerprint density at radius 3 is 2.50 bits per heavy atom. The summed E-state index contributed by atoms with van der Waals surface area (Å²) in [4.78, 5) is 27.7. The Kier molecular flexibility index (Phi) is 4.07. The molecule has 2 aromatic rings. The van der Waals surface area contributed by atoms with E-state index in [1.807, 2.05) is 5.43 Å². The highest BCUT2D eigenvalue weighted by atomic mass is 35.5. The fourth-order valence-electron chi connectivity index (χ4n) is 1.64. The average molecular weight is 294 g/mol. The molecule has 0 fully saturated rings. The van der Waals surface area contributed by atoms with E-state index in [1.54, 1.807) is 0 Å². The Morgan fingerprint density at radius 1 is 1.15 bits per heavy atom. The summed E-state index contributed by atoms with van der Waals surface area (Å²) in [6.45, 7) is 0. The standard InChI is InChI=1S/C13H9ClFN3O2/c14-10-6-5-8(13(20)18-16)11(17-10)12(19)7-3-1-2-4-9(7)15/h1-6H,16H2,(H,18,20). The summed E-state index contributed by atoms with van der Waals surface area (Å²) in [5, 5.41) is 0.0123. The second-order valence-electron chi connectivity index (χ2n) is 3.81. The van der Waals surface area contributed by atoms with Gasteiger partial charge < -0.3 is 0 Å². The molecule has 1 heterocycles. The number of rotatable bonds is 3. The lowest BCUT2D eigenvalue weighted by molar-refractivity contribution is 0.0940. The first-order chi connectivity index (χ1) is 9.54. The summed E-state index contributed by atoms with van der Waals surface area (Å²) in [5.74, 6) is 2.86. The van der Waals surface area contributed by atoms with Crippen LogP contribution in [0.1, 0.15) is 26.4 Å². The van der Waals surface area contributed by atoms with E-state index in [9.17, 15) is 14.0 Å². The summed E-state index contributed by atoms with van der Waals surface area (Å²) in [6, 6.07) is 8.02. The first-order valence-corrected chi connectivity index (χ1v) is 5.89. The molecule has 102 valence electrons. The van der Waals surface area contributed by atoms with Crippen molar-refractivity contribution in [1.82, 2.24) is 10.4 Å². The zero-order valence-electron chi connectivity index (χ0n) is 10.1. The van der Waals surface area contributed by atoms with Crippen LogP contribution in [-0.4, -0.2) is 16.7 Å². The van der Waals surface area contributed by atoms with Gasteiger partial charge in [-0.2, -0.15) is 0 Å². The number of hydrazine groups is 1. The third-order valence-electron chi connectivity index (χ3n) is 2.57. The fraction of sp³-hybridized carbons (Fsp3) is 0. The number of pyridine rings is 1. The number of carbonyl (C=O) groups is 2. The van der Waals surface area contributed by atoms with Gasteiger partial charge in [-0.1, -0.05) is 23.7 Å². The average Bonchev–Trinajstić information content (AvgIpc) is 2.46. The van der Waals surface area contributed by atoms with Crippen molar-refractivity contribution in [1.29, 1.82) is 0 Å². The predicted octanol–water partition coefficient (Wildman–Crippen LogP) is 1.71. The number of benzene rings is 1. The molecular formula is C13H9ClFN3O2. The van der Waals surface area contributed by atoms with Gasteiger partial charge in [0.25, 0.3) is 5.91 Å². The molecule has 0 aliphatic heterocycles. The van der Waals surface area contributed by atoms with Gasteiger partial charge in [-0.05, 0) is 24.3 Å². The number of hydrogen-bond donors (Lipinski definition) is 2. The Labute approximate surface area is 118 Å². The third kappa shape index (κ3) is 2.66. The van der Waals surface area contributed by atoms with Crippen LogP contribution in [0.25, 0.3) is 0 Å². The van der Waals surface area contributed by atoms with Gasteiger partial charge >= 0.3 is 0 Å². The highest BCUT2D eigenvalue weighted by Crippen LogP contribution is 2.17. The molecular weight excluding hydrogens is 285 g/mol. The minimum Gasteiger partial charge on any atom is -0.290 e. The Bertz CT molecular complexity index is 691. The molecule has 0 bridgehead atoms. The van der Waals surface area contributed by atoms with Crippen LogP contribution in [0.2, 0.25) is 5.15 Å². The van der Waals surface area contributed by atoms with E-state index < -0.39 is 17.5 Å². The number of nitrogens with two attached hydrogens (primary N) is 1. The molecule has 0 aliphatic rings. The minimum atomic E-state index is -0.746. The predicted molar refractivity (Wildman–Crippen MR) is 70.7 cm³/mol. The maximum absolute atomic E-state index is 13.6. The maximum Gasteiger partial charge on any atom is 0.267 e. The first kappa shape index (κ1) is 14.1. The van der Waals surface area contributed by atoms with Gasteiger partial charge in [0.1, 0.15) is 16.7 Å². The SMILES string of the molecule is NNC(=O)c1ccc(Cl)nc1C(=O)c1ccccc1F. The number of ketones is 1. The van der Waals surface area contributed by atoms with Crippen molar-refractivity contribution in [3.8, 4) is 0 Å². The molecule has 20 heavy (non-hydrogen) atoms. The van der Waals surface area contributed by atoms with Gasteiger partial charge in [0, 0.05) is 0 Å². The largest absolute Gasteiger partial charge is 0.290 e. The van der Waals surface area contributed by atoms with E-state index in [1.165, 1.54) is 30.3 Å². The molecule has 7 heteroatoms. The number of aromatic nitrogens is 1. The van der Waals surface area contributed by atoms with Crippen molar-refractivity contribution in [3.05, 3.63) is 64.2 Å². The summed E-state index contributed by atoms with van der Waals surface area (Å²) in [6.07, 6.45) is 0. The molecule has 1 amide bonds. The van der Waals surface area contributed by atoms with Crippen LogP contribution in [0, 0.1) is 5.82 Å². The number of nitrogens with one attached hydrogen (secondary N) is 1. The lowest BCUT2D eigenvalue weighted by Crippen LogP contribution is -2.31. The van der Waals surface area contributed by atoms with Gasteiger partial charge in [0.15, 0.2) is 0 Å². The highest BCUT2D eigenvalue weighted by molar-refractivity contribution is 6.30. The normalized spacial score (nSPS) is 10.2. The number of nitrogen functional groups attached to an aromatic ring is 1.